The van der Waals surface area contributed by atoms with E-state index in [0.717, 1.165) is 67.9 Å². The number of nitrogens with zero attached hydrogens (tertiary/aromatic N) is 2. The molecule has 0 unspecified atom stereocenters. The van der Waals surface area contributed by atoms with Crippen molar-refractivity contribution in [3.05, 3.63) is 76.1 Å². The normalized spacial score (nSPS) is 15.6. The van der Waals surface area contributed by atoms with Crippen LogP contribution in [0.15, 0.2) is 59.4 Å². The number of hydrogen-bond donors (Lipinski definition) is 1. The number of H-pyrrole nitrogens is 1. The SMILES string of the molecule is Cc1cc(=O)[nH]c2cc(OCCCN3CCN(Cc4ccccc4)CC3)ccc12. The maximum absolute atomic E-state index is 11.7. The number of nitrogens with one attached hydrogen (secondary N) is 1. The average molecular weight is 392 g/mol. The van der Waals surface area contributed by atoms with Crippen LogP contribution in [0.2, 0.25) is 0 Å². The van der Waals surface area contributed by atoms with Gasteiger partial charge in [0.05, 0.1) is 12.1 Å². The van der Waals surface area contributed by atoms with E-state index in [-0.39, 0.29) is 5.56 Å². The molecule has 0 bridgehead atoms. The summed E-state index contributed by atoms with van der Waals surface area (Å²) in [6.07, 6.45) is 1.00. The monoisotopic (exact) mass is 391 g/mol. The van der Waals surface area contributed by atoms with Crippen molar-refractivity contribution in [1.82, 2.24) is 14.8 Å². The molecule has 0 atom stereocenters. The topological polar surface area (TPSA) is 48.6 Å². The maximum atomic E-state index is 11.7. The molecule has 0 spiro atoms. The van der Waals surface area contributed by atoms with E-state index in [4.69, 9.17) is 4.74 Å². The molecule has 1 aliphatic rings. The molecule has 1 saturated heterocycles. The van der Waals surface area contributed by atoms with Gasteiger partial charge in [-0.1, -0.05) is 30.3 Å². The van der Waals surface area contributed by atoms with E-state index in [0.29, 0.717) is 6.61 Å². The van der Waals surface area contributed by atoms with Crippen molar-refractivity contribution in [2.45, 2.75) is 19.9 Å². The molecular formula is C24H29N3O2. The Balaban J connectivity index is 1.19. The Bertz CT molecular complexity index is 992. The van der Waals surface area contributed by atoms with Gasteiger partial charge in [-0.3, -0.25) is 9.69 Å². The molecule has 1 aromatic heterocycles. The lowest BCUT2D eigenvalue weighted by atomic mass is 10.1. The molecule has 29 heavy (non-hydrogen) atoms. The minimum Gasteiger partial charge on any atom is -0.493 e. The average Bonchev–Trinajstić information content (AvgIpc) is 2.73. The van der Waals surface area contributed by atoms with Gasteiger partial charge in [0.15, 0.2) is 0 Å². The van der Waals surface area contributed by atoms with E-state index in [1.54, 1.807) is 6.07 Å². The van der Waals surface area contributed by atoms with Gasteiger partial charge in [-0.15, -0.1) is 0 Å². The lowest BCUT2D eigenvalue weighted by Crippen LogP contribution is -2.46. The molecule has 1 N–H and O–H groups in total. The third kappa shape index (κ3) is 5.25. The van der Waals surface area contributed by atoms with E-state index < -0.39 is 0 Å². The number of hydrogen-bond acceptors (Lipinski definition) is 4. The molecule has 5 nitrogen and oxygen atoms in total. The number of fused-ring (bicyclic) bond motifs is 1. The van der Waals surface area contributed by atoms with Crippen LogP contribution in [0.25, 0.3) is 10.9 Å². The molecule has 0 amide bonds. The minimum absolute atomic E-state index is 0.0708. The summed E-state index contributed by atoms with van der Waals surface area (Å²) in [7, 11) is 0. The molecule has 152 valence electrons. The molecule has 3 aromatic rings. The summed E-state index contributed by atoms with van der Waals surface area (Å²) in [5.74, 6) is 0.812. The van der Waals surface area contributed by atoms with Crippen LogP contribution in [0.4, 0.5) is 0 Å². The fraction of sp³-hybridized carbons (Fsp3) is 0.375. The van der Waals surface area contributed by atoms with Crippen molar-refractivity contribution in [3.8, 4) is 5.75 Å². The van der Waals surface area contributed by atoms with E-state index >= 15 is 0 Å². The first-order valence-corrected chi connectivity index (χ1v) is 10.4. The van der Waals surface area contributed by atoms with Crippen LogP contribution < -0.4 is 10.3 Å². The highest BCUT2D eigenvalue weighted by Crippen LogP contribution is 2.20. The standard InChI is InChI=1S/C24H29N3O2/c1-19-16-24(28)25-23-17-21(8-9-22(19)23)29-15-5-10-26-11-13-27(14-12-26)18-20-6-3-2-4-7-20/h2-4,6-9,16-17H,5,10-15,18H2,1H3,(H,25,28). The Morgan fingerprint density at radius 2 is 1.72 bits per heavy atom. The summed E-state index contributed by atoms with van der Waals surface area (Å²) >= 11 is 0. The van der Waals surface area contributed by atoms with Crippen LogP contribution in [-0.4, -0.2) is 54.1 Å². The number of aromatic amines is 1. The zero-order valence-corrected chi connectivity index (χ0v) is 17.1. The third-order valence-corrected chi connectivity index (χ3v) is 5.62. The smallest absolute Gasteiger partial charge is 0.248 e. The predicted molar refractivity (Wildman–Crippen MR) is 118 cm³/mol. The Hall–Kier alpha value is -2.63. The summed E-state index contributed by atoms with van der Waals surface area (Å²) < 4.78 is 5.93. The van der Waals surface area contributed by atoms with Crippen molar-refractivity contribution in [2.24, 2.45) is 0 Å². The van der Waals surface area contributed by atoms with Gasteiger partial charge in [-0.05, 0) is 36.6 Å². The van der Waals surface area contributed by atoms with Crippen molar-refractivity contribution in [2.75, 3.05) is 39.3 Å². The molecule has 0 aliphatic carbocycles. The molecular weight excluding hydrogens is 362 g/mol. The largest absolute Gasteiger partial charge is 0.493 e. The van der Waals surface area contributed by atoms with Crippen molar-refractivity contribution in [1.29, 1.82) is 0 Å². The summed E-state index contributed by atoms with van der Waals surface area (Å²) in [5, 5.41) is 1.06. The Morgan fingerprint density at radius 3 is 2.52 bits per heavy atom. The highest BCUT2D eigenvalue weighted by atomic mass is 16.5. The highest BCUT2D eigenvalue weighted by molar-refractivity contribution is 5.82. The lowest BCUT2D eigenvalue weighted by Gasteiger charge is -2.34. The number of rotatable bonds is 7. The van der Waals surface area contributed by atoms with Crippen molar-refractivity contribution >= 4 is 10.9 Å². The van der Waals surface area contributed by atoms with Gasteiger partial charge >= 0.3 is 0 Å². The van der Waals surface area contributed by atoms with Crippen LogP contribution in [0.1, 0.15) is 17.5 Å². The first-order valence-electron chi connectivity index (χ1n) is 10.4. The molecule has 1 aliphatic heterocycles. The van der Waals surface area contributed by atoms with Crippen LogP contribution in [0, 0.1) is 6.92 Å². The van der Waals surface area contributed by atoms with Gasteiger partial charge in [-0.25, -0.2) is 0 Å². The van der Waals surface area contributed by atoms with Gasteiger partial charge in [0.1, 0.15) is 5.75 Å². The molecule has 2 heterocycles. The summed E-state index contributed by atoms with van der Waals surface area (Å²) in [6.45, 7) is 9.21. The van der Waals surface area contributed by atoms with Crippen LogP contribution >= 0.6 is 0 Å². The third-order valence-electron chi connectivity index (χ3n) is 5.62. The van der Waals surface area contributed by atoms with Gasteiger partial charge < -0.3 is 14.6 Å². The van der Waals surface area contributed by atoms with Crippen molar-refractivity contribution < 1.29 is 4.74 Å². The predicted octanol–water partition coefficient (Wildman–Crippen LogP) is 3.42. The fourth-order valence-corrected chi connectivity index (χ4v) is 3.99. The number of pyridine rings is 1. The Morgan fingerprint density at radius 1 is 0.966 bits per heavy atom. The van der Waals surface area contributed by atoms with E-state index in [1.807, 2.05) is 25.1 Å². The Kier molecular flexibility index (Phi) is 6.27. The number of ether oxygens (including phenoxy) is 1. The van der Waals surface area contributed by atoms with E-state index in [2.05, 4.69) is 45.1 Å². The zero-order chi connectivity index (χ0) is 20.1. The van der Waals surface area contributed by atoms with Crippen LogP contribution in [0.5, 0.6) is 5.75 Å². The van der Waals surface area contributed by atoms with Gasteiger partial charge in [0, 0.05) is 56.8 Å². The second kappa shape index (κ2) is 9.25. The first-order chi connectivity index (χ1) is 14.2. The molecule has 4 rings (SSSR count). The summed E-state index contributed by atoms with van der Waals surface area (Å²) in [4.78, 5) is 19.6. The van der Waals surface area contributed by atoms with Gasteiger partial charge in [0.2, 0.25) is 5.56 Å². The molecule has 1 fully saturated rings. The highest BCUT2D eigenvalue weighted by Gasteiger charge is 2.16. The summed E-state index contributed by atoms with van der Waals surface area (Å²) in [5.41, 5.74) is 3.14. The summed E-state index contributed by atoms with van der Waals surface area (Å²) in [6, 6.07) is 18.2. The van der Waals surface area contributed by atoms with Gasteiger partial charge in [-0.2, -0.15) is 0 Å². The first kappa shape index (κ1) is 19.7. The maximum Gasteiger partial charge on any atom is 0.248 e. The minimum atomic E-state index is -0.0708. The number of piperazine rings is 1. The Labute approximate surface area is 171 Å². The molecule has 0 radical (unpaired) electrons. The zero-order valence-electron chi connectivity index (χ0n) is 17.1. The van der Waals surface area contributed by atoms with Crippen LogP contribution in [0.3, 0.4) is 0 Å². The van der Waals surface area contributed by atoms with E-state index in [1.165, 1.54) is 5.56 Å². The van der Waals surface area contributed by atoms with Crippen molar-refractivity contribution in [3.63, 3.8) is 0 Å². The number of aryl methyl sites for hydroxylation is 1. The lowest BCUT2D eigenvalue weighted by molar-refractivity contribution is 0.121. The fourth-order valence-electron chi connectivity index (χ4n) is 3.99. The van der Waals surface area contributed by atoms with E-state index in [9.17, 15) is 4.79 Å². The molecule has 0 saturated carbocycles. The number of aromatic nitrogens is 1. The van der Waals surface area contributed by atoms with Gasteiger partial charge in [0.25, 0.3) is 0 Å². The van der Waals surface area contributed by atoms with Crippen LogP contribution in [-0.2, 0) is 6.54 Å². The quantitative estimate of drug-likeness (QED) is 0.627. The molecule has 5 heteroatoms. The second-order valence-electron chi connectivity index (χ2n) is 7.83. The number of benzene rings is 2. The molecule has 2 aromatic carbocycles. The second-order valence-corrected chi connectivity index (χ2v) is 7.83.